The molecule has 1 aromatic heterocycles. The number of carbonyl (C=O) groups is 1. The highest BCUT2D eigenvalue weighted by Crippen LogP contribution is 2.30. The fourth-order valence-electron chi connectivity index (χ4n) is 1.73. The molecule has 0 aliphatic carbocycles. The number of hydrogen-bond donors (Lipinski definition) is 1. The Labute approximate surface area is 118 Å². The summed E-state index contributed by atoms with van der Waals surface area (Å²) < 4.78 is 0. The predicted octanol–water partition coefficient (Wildman–Crippen LogP) is 3.04. The van der Waals surface area contributed by atoms with Crippen molar-refractivity contribution in [1.29, 1.82) is 0 Å². The maximum absolute atomic E-state index is 10.8. The molecule has 0 radical (unpaired) electrons. The monoisotopic (exact) mass is 292 g/mol. The molecule has 0 aliphatic rings. The molecule has 2 rings (SSSR count). The Morgan fingerprint density at radius 1 is 1.50 bits per heavy atom. The van der Waals surface area contributed by atoms with E-state index in [0.717, 1.165) is 5.56 Å². The average molecular weight is 292 g/mol. The van der Waals surface area contributed by atoms with E-state index < -0.39 is 10.9 Å². The second-order valence-electron chi connectivity index (χ2n) is 4.29. The number of nitrogens with zero attached hydrogens (tertiary/aromatic N) is 2. The summed E-state index contributed by atoms with van der Waals surface area (Å²) in [6, 6.07) is 4.64. The highest BCUT2D eigenvalue weighted by Gasteiger charge is 2.13. The van der Waals surface area contributed by atoms with E-state index in [2.05, 4.69) is 4.98 Å². The molecule has 0 spiro atoms. The van der Waals surface area contributed by atoms with Gasteiger partial charge in [-0.2, -0.15) is 0 Å². The molecule has 6 nitrogen and oxygen atoms in total. The molecule has 0 fully saturated rings. The van der Waals surface area contributed by atoms with E-state index in [4.69, 9.17) is 5.11 Å². The quantitative estimate of drug-likeness (QED) is 0.675. The molecule has 2 aromatic rings. The molecule has 0 saturated heterocycles. The third-order valence-electron chi connectivity index (χ3n) is 2.81. The lowest BCUT2D eigenvalue weighted by molar-refractivity contribution is -0.384. The van der Waals surface area contributed by atoms with Crippen LogP contribution in [0.2, 0.25) is 0 Å². The third kappa shape index (κ3) is 3.18. The van der Waals surface area contributed by atoms with Gasteiger partial charge in [0.05, 0.1) is 17.0 Å². The third-order valence-corrected chi connectivity index (χ3v) is 3.73. The first-order valence-electron chi connectivity index (χ1n) is 5.89. The maximum Gasteiger partial charge on any atom is 0.303 e. The molecule has 0 aliphatic heterocycles. The number of aromatic nitrogens is 1. The molecule has 1 N–H and O–H groups in total. The topological polar surface area (TPSA) is 93.3 Å². The van der Waals surface area contributed by atoms with Crippen molar-refractivity contribution in [1.82, 2.24) is 4.98 Å². The number of aliphatic carboxylic acids is 1. The number of nitro benzene ring substituents is 1. The van der Waals surface area contributed by atoms with E-state index >= 15 is 0 Å². The van der Waals surface area contributed by atoms with Crippen molar-refractivity contribution in [2.24, 2.45) is 0 Å². The summed E-state index contributed by atoms with van der Waals surface area (Å²) >= 11 is 1.36. The number of carboxylic acids is 1. The van der Waals surface area contributed by atoms with Gasteiger partial charge < -0.3 is 5.11 Å². The summed E-state index contributed by atoms with van der Waals surface area (Å²) in [5.74, 6) is -0.869. The number of nitro groups is 1. The van der Waals surface area contributed by atoms with Crippen molar-refractivity contribution in [3.8, 4) is 10.6 Å². The van der Waals surface area contributed by atoms with Gasteiger partial charge in [-0.05, 0) is 12.5 Å². The summed E-state index contributed by atoms with van der Waals surface area (Å²) in [6.45, 7) is 1.86. The Kier molecular flexibility index (Phi) is 4.09. The van der Waals surface area contributed by atoms with Crippen LogP contribution in [0.1, 0.15) is 17.7 Å². The minimum absolute atomic E-state index is 0.0212. The van der Waals surface area contributed by atoms with Crippen LogP contribution in [-0.4, -0.2) is 21.0 Å². The largest absolute Gasteiger partial charge is 0.481 e. The van der Waals surface area contributed by atoms with Crippen LogP contribution in [0.5, 0.6) is 0 Å². The standard InChI is InChI=1S/C13H12N2O4S/c1-8-2-4-10(15(18)19)6-11(8)13-14-9(7-20-13)3-5-12(16)17/h2,4,6-7H,3,5H2,1H3,(H,16,17). The molecule has 104 valence electrons. The van der Waals surface area contributed by atoms with Crippen LogP contribution in [0, 0.1) is 17.0 Å². The van der Waals surface area contributed by atoms with Gasteiger partial charge in [0.2, 0.25) is 0 Å². The number of benzene rings is 1. The van der Waals surface area contributed by atoms with E-state index in [9.17, 15) is 14.9 Å². The highest BCUT2D eigenvalue weighted by molar-refractivity contribution is 7.13. The van der Waals surface area contributed by atoms with Gasteiger partial charge in [0.25, 0.3) is 5.69 Å². The van der Waals surface area contributed by atoms with Crippen LogP contribution in [0.3, 0.4) is 0 Å². The summed E-state index contributed by atoms with van der Waals surface area (Å²) in [6.07, 6.45) is 0.386. The number of carboxylic acid groups (broad SMARTS) is 1. The van der Waals surface area contributed by atoms with E-state index in [-0.39, 0.29) is 12.1 Å². The van der Waals surface area contributed by atoms with Crippen LogP contribution in [0.25, 0.3) is 10.6 Å². The number of non-ortho nitro benzene ring substituents is 1. The van der Waals surface area contributed by atoms with Gasteiger partial charge >= 0.3 is 5.97 Å². The maximum atomic E-state index is 10.8. The Balaban J connectivity index is 2.29. The van der Waals surface area contributed by atoms with E-state index in [1.54, 1.807) is 11.4 Å². The van der Waals surface area contributed by atoms with Gasteiger partial charge in [0.15, 0.2) is 0 Å². The molecule has 7 heteroatoms. The SMILES string of the molecule is Cc1ccc([N+](=O)[O-])cc1-c1nc(CCC(=O)O)cs1. The van der Waals surface area contributed by atoms with Gasteiger partial charge in [0.1, 0.15) is 5.01 Å². The molecule has 0 unspecified atom stereocenters. The zero-order valence-corrected chi connectivity index (χ0v) is 11.5. The molecule has 0 bridgehead atoms. The fraction of sp³-hybridized carbons (Fsp3) is 0.231. The van der Waals surface area contributed by atoms with E-state index in [1.807, 2.05) is 6.92 Å². The number of hydrogen-bond acceptors (Lipinski definition) is 5. The molecule has 20 heavy (non-hydrogen) atoms. The fourth-order valence-corrected chi connectivity index (χ4v) is 2.67. The van der Waals surface area contributed by atoms with Gasteiger partial charge in [0, 0.05) is 29.5 Å². The van der Waals surface area contributed by atoms with Crippen LogP contribution >= 0.6 is 11.3 Å². The molecule has 1 heterocycles. The van der Waals surface area contributed by atoms with Crippen LogP contribution in [-0.2, 0) is 11.2 Å². The lowest BCUT2D eigenvalue weighted by Crippen LogP contribution is -1.97. The number of thiazole rings is 1. The summed E-state index contributed by atoms with van der Waals surface area (Å²) in [5.41, 5.74) is 2.33. The Bertz CT molecular complexity index is 666. The summed E-state index contributed by atoms with van der Waals surface area (Å²) in [5, 5.41) is 21.9. The first kappa shape index (κ1) is 14.1. The molecule has 1 aromatic carbocycles. The normalized spacial score (nSPS) is 10.4. The van der Waals surface area contributed by atoms with Crippen LogP contribution in [0.4, 0.5) is 5.69 Å². The summed E-state index contributed by atoms with van der Waals surface area (Å²) in [4.78, 5) is 25.2. The molecule has 0 saturated carbocycles. The molecule has 0 amide bonds. The summed E-state index contributed by atoms with van der Waals surface area (Å²) in [7, 11) is 0. The van der Waals surface area contributed by atoms with Gasteiger partial charge in [-0.1, -0.05) is 6.07 Å². The first-order valence-corrected chi connectivity index (χ1v) is 6.77. The lowest BCUT2D eigenvalue weighted by atomic mass is 10.1. The molecular formula is C13H12N2O4S. The highest BCUT2D eigenvalue weighted by atomic mass is 32.1. The minimum atomic E-state index is -0.869. The van der Waals surface area contributed by atoms with Gasteiger partial charge in [-0.3, -0.25) is 14.9 Å². The second kappa shape index (κ2) is 5.79. The van der Waals surface area contributed by atoms with Crippen molar-refractivity contribution in [2.45, 2.75) is 19.8 Å². The number of aryl methyl sites for hydroxylation is 2. The minimum Gasteiger partial charge on any atom is -0.481 e. The molecule has 0 atom stereocenters. The van der Waals surface area contributed by atoms with Crippen LogP contribution < -0.4 is 0 Å². The smallest absolute Gasteiger partial charge is 0.303 e. The number of rotatable bonds is 5. The van der Waals surface area contributed by atoms with Gasteiger partial charge in [-0.15, -0.1) is 11.3 Å². The molecular weight excluding hydrogens is 280 g/mol. The van der Waals surface area contributed by atoms with Crippen molar-refractivity contribution < 1.29 is 14.8 Å². The van der Waals surface area contributed by atoms with Gasteiger partial charge in [-0.25, -0.2) is 4.98 Å². The Hall–Kier alpha value is -2.28. The average Bonchev–Trinajstić information content (AvgIpc) is 2.85. The van der Waals surface area contributed by atoms with E-state index in [0.29, 0.717) is 22.7 Å². The Morgan fingerprint density at radius 2 is 2.25 bits per heavy atom. The van der Waals surface area contributed by atoms with Crippen molar-refractivity contribution in [2.75, 3.05) is 0 Å². The zero-order chi connectivity index (χ0) is 14.7. The van der Waals surface area contributed by atoms with Crippen molar-refractivity contribution in [3.63, 3.8) is 0 Å². The second-order valence-corrected chi connectivity index (χ2v) is 5.15. The Morgan fingerprint density at radius 3 is 2.90 bits per heavy atom. The van der Waals surface area contributed by atoms with E-state index in [1.165, 1.54) is 23.5 Å². The van der Waals surface area contributed by atoms with Crippen LogP contribution in [0.15, 0.2) is 23.6 Å². The van der Waals surface area contributed by atoms with Crippen molar-refractivity contribution >= 4 is 23.0 Å². The zero-order valence-electron chi connectivity index (χ0n) is 10.7. The lowest BCUT2D eigenvalue weighted by Gasteiger charge is -2.01. The predicted molar refractivity (Wildman–Crippen MR) is 74.9 cm³/mol. The van der Waals surface area contributed by atoms with Crippen molar-refractivity contribution in [3.05, 3.63) is 45.0 Å². The first-order chi connectivity index (χ1) is 9.47.